The predicted octanol–water partition coefficient (Wildman–Crippen LogP) is 3.60. The second kappa shape index (κ2) is 9.86. The zero-order valence-corrected chi connectivity index (χ0v) is 22.4. The van der Waals surface area contributed by atoms with Crippen LogP contribution in [0.1, 0.15) is 65.4 Å². The summed E-state index contributed by atoms with van der Waals surface area (Å²) < 4.78 is 5.54. The number of ether oxygens (including phenoxy) is 1. The first-order valence-corrected chi connectivity index (χ1v) is 13.3. The fraction of sp³-hybridized carbons (Fsp3) is 0.667. The molecule has 2 aliphatic heterocycles. The lowest BCUT2D eigenvalue weighted by Crippen LogP contribution is -2.58. The Bertz CT molecular complexity index is 1020. The van der Waals surface area contributed by atoms with Gasteiger partial charge in [-0.2, -0.15) is 0 Å². The molecule has 3 N–H and O–H groups in total. The summed E-state index contributed by atoms with van der Waals surface area (Å²) in [4.78, 5) is 39.9. The number of carbonyl (C=O) groups excluding carboxylic acids is 3. The molecule has 3 aliphatic rings. The maximum Gasteiger partial charge on any atom is 0.407 e. The summed E-state index contributed by atoms with van der Waals surface area (Å²) in [5.74, 6) is -0.781. The van der Waals surface area contributed by atoms with Gasteiger partial charge >= 0.3 is 6.09 Å². The van der Waals surface area contributed by atoms with Crippen molar-refractivity contribution in [3.63, 3.8) is 0 Å². The van der Waals surface area contributed by atoms with Crippen LogP contribution in [-0.2, 0) is 19.9 Å². The Labute approximate surface area is 218 Å². The summed E-state index contributed by atoms with van der Waals surface area (Å²) in [6, 6.07) is 6.89. The molecule has 1 saturated carbocycles. The van der Waals surface area contributed by atoms with Crippen molar-refractivity contribution in [2.45, 2.75) is 77.0 Å². The number of hydrogen-bond acceptors (Lipinski definition) is 5. The van der Waals surface area contributed by atoms with Crippen LogP contribution in [0.15, 0.2) is 24.3 Å². The highest BCUT2D eigenvalue weighted by Gasteiger charge is 2.50. The number of piperidine rings is 1. The van der Waals surface area contributed by atoms with Gasteiger partial charge in [0, 0.05) is 48.5 Å². The molecule has 2 unspecified atom stereocenters. The van der Waals surface area contributed by atoms with Crippen molar-refractivity contribution in [1.82, 2.24) is 15.5 Å². The summed E-state index contributed by atoms with van der Waals surface area (Å²) in [5.41, 5.74) is -1.40. The Morgan fingerprint density at radius 1 is 1.19 bits per heavy atom. The molecule has 4 rings (SSSR count). The topological polar surface area (TPSA) is 108 Å². The van der Waals surface area contributed by atoms with Gasteiger partial charge in [0.1, 0.15) is 5.60 Å². The quantitative estimate of drug-likeness (QED) is 0.551. The molecule has 1 aromatic carbocycles. The molecule has 2 saturated heterocycles. The minimum Gasteiger partial charge on any atom is -0.443 e. The predicted molar refractivity (Wildman–Crippen MR) is 136 cm³/mol. The first kappa shape index (κ1) is 26.7. The molecule has 8 nitrogen and oxygen atoms in total. The SMILES string of the molecule is CC(NC(=O)[C@@H]1CCC2(CCNC(=O)O2)C1)[C@@H](C)C(=O)N1CC[C@](O)(c2ccc(Cl)cc2)C(C)(C)C1. The molecule has 3 amide bonds. The fourth-order valence-electron chi connectivity index (χ4n) is 6.05. The van der Waals surface area contributed by atoms with E-state index >= 15 is 0 Å². The van der Waals surface area contributed by atoms with Gasteiger partial charge in [-0.3, -0.25) is 9.59 Å². The lowest BCUT2D eigenvalue weighted by atomic mass is 9.66. The van der Waals surface area contributed by atoms with E-state index in [1.165, 1.54) is 0 Å². The van der Waals surface area contributed by atoms with E-state index in [0.29, 0.717) is 56.8 Å². The molecule has 2 heterocycles. The lowest BCUT2D eigenvalue weighted by molar-refractivity contribution is -0.157. The van der Waals surface area contributed by atoms with Crippen molar-refractivity contribution in [2.75, 3.05) is 19.6 Å². The second-order valence-corrected chi connectivity index (χ2v) is 12.0. The van der Waals surface area contributed by atoms with E-state index < -0.39 is 28.6 Å². The van der Waals surface area contributed by atoms with Gasteiger partial charge in [0.15, 0.2) is 0 Å². The Balaban J connectivity index is 1.34. The molecule has 5 atom stereocenters. The summed E-state index contributed by atoms with van der Waals surface area (Å²) in [7, 11) is 0. The van der Waals surface area contributed by atoms with E-state index in [1.54, 1.807) is 17.0 Å². The van der Waals surface area contributed by atoms with Crippen LogP contribution in [0.2, 0.25) is 5.02 Å². The van der Waals surface area contributed by atoms with Gasteiger partial charge in [-0.15, -0.1) is 0 Å². The fourth-order valence-corrected chi connectivity index (χ4v) is 6.18. The summed E-state index contributed by atoms with van der Waals surface area (Å²) in [6.07, 6.45) is 2.57. The van der Waals surface area contributed by atoms with E-state index in [0.717, 1.165) is 5.56 Å². The number of likely N-dealkylation sites (tertiary alicyclic amines) is 1. The Hall–Kier alpha value is -2.32. The molecule has 0 bridgehead atoms. The van der Waals surface area contributed by atoms with E-state index in [2.05, 4.69) is 10.6 Å². The average Bonchev–Trinajstić information content (AvgIpc) is 3.23. The molecule has 9 heteroatoms. The molecule has 1 aromatic rings. The van der Waals surface area contributed by atoms with Crippen LogP contribution >= 0.6 is 11.6 Å². The summed E-state index contributed by atoms with van der Waals surface area (Å²) in [5, 5.41) is 17.9. The number of rotatable bonds is 5. The van der Waals surface area contributed by atoms with Gasteiger partial charge in [-0.25, -0.2) is 4.79 Å². The highest BCUT2D eigenvalue weighted by Crippen LogP contribution is 2.46. The number of alkyl carbamates (subject to hydrolysis) is 1. The van der Waals surface area contributed by atoms with Gasteiger partial charge in [0.05, 0.1) is 11.5 Å². The minimum atomic E-state index is -1.08. The monoisotopic (exact) mass is 519 g/mol. The summed E-state index contributed by atoms with van der Waals surface area (Å²) >= 11 is 6.03. The molecule has 3 fully saturated rings. The van der Waals surface area contributed by atoms with Crippen molar-refractivity contribution in [2.24, 2.45) is 17.3 Å². The first-order chi connectivity index (χ1) is 16.9. The molecular weight excluding hydrogens is 482 g/mol. The van der Waals surface area contributed by atoms with Crippen LogP contribution in [0.5, 0.6) is 0 Å². The first-order valence-electron chi connectivity index (χ1n) is 12.9. The van der Waals surface area contributed by atoms with Crippen molar-refractivity contribution in [1.29, 1.82) is 0 Å². The molecular formula is C27H38ClN3O5. The molecule has 1 aliphatic carbocycles. The largest absolute Gasteiger partial charge is 0.443 e. The standard InChI is InChI=1S/C27H38ClN3O5/c1-17(18(2)30-22(32)19-9-10-26(15-19)11-13-29-24(34)36-26)23(33)31-14-12-27(35,25(3,4)16-31)20-5-7-21(28)8-6-20/h5-8,17-19,35H,9-16H2,1-4H3,(H,29,34)(H,30,32)/t17-,18?,19-,26?,27+/m1/s1. The van der Waals surface area contributed by atoms with E-state index in [-0.39, 0.29) is 23.8 Å². The van der Waals surface area contributed by atoms with Gasteiger partial charge in [-0.05, 0) is 50.3 Å². The van der Waals surface area contributed by atoms with Crippen LogP contribution in [-0.4, -0.2) is 59.2 Å². The van der Waals surface area contributed by atoms with E-state index in [9.17, 15) is 19.5 Å². The Kier molecular flexibility index (Phi) is 7.32. The van der Waals surface area contributed by atoms with E-state index in [1.807, 2.05) is 39.8 Å². The maximum absolute atomic E-state index is 13.4. The number of nitrogens with one attached hydrogen (secondary N) is 2. The number of halogens is 1. The number of aliphatic hydroxyl groups is 1. The Morgan fingerprint density at radius 2 is 1.89 bits per heavy atom. The normalized spacial score (nSPS) is 31.3. The number of carbonyl (C=O) groups is 3. The molecule has 0 aromatic heterocycles. The second-order valence-electron chi connectivity index (χ2n) is 11.5. The van der Waals surface area contributed by atoms with Crippen molar-refractivity contribution in [3.05, 3.63) is 34.9 Å². The van der Waals surface area contributed by atoms with Crippen molar-refractivity contribution in [3.8, 4) is 0 Å². The zero-order chi connectivity index (χ0) is 26.3. The third-order valence-electron chi connectivity index (χ3n) is 8.69. The van der Waals surface area contributed by atoms with Crippen LogP contribution in [0, 0.1) is 17.3 Å². The Morgan fingerprint density at radius 3 is 2.53 bits per heavy atom. The van der Waals surface area contributed by atoms with Gasteiger partial charge in [0.25, 0.3) is 0 Å². The van der Waals surface area contributed by atoms with Gasteiger partial charge in [-0.1, -0.05) is 44.5 Å². The van der Waals surface area contributed by atoms with Crippen LogP contribution in [0.4, 0.5) is 4.79 Å². The van der Waals surface area contributed by atoms with Crippen LogP contribution < -0.4 is 10.6 Å². The average molecular weight is 520 g/mol. The molecule has 198 valence electrons. The van der Waals surface area contributed by atoms with Crippen molar-refractivity contribution >= 4 is 29.5 Å². The molecule has 36 heavy (non-hydrogen) atoms. The number of nitrogens with zero attached hydrogens (tertiary/aromatic N) is 1. The maximum atomic E-state index is 13.4. The third-order valence-corrected chi connectivity index (χ3v) is 8.94. The minimum absolute atomic E-state index is 0.0378. The highest BCUT2D eigenvalue weighted by atomic mass is 35.5. The number of benzene rings is 1. The number of hydrogen-bond donors (Lipinski definition) is 3. The highest BCUT2D eigenvalue weighted by molar-refractivity contribution is 6.30. The van der Waals surface area contributed by atoms with Crippen LogP contribution in [0.25, 0.3) is 0 Å². The van der Waals surface area contributed by atoms with E-state index in [4.69, 9.17) is 16.3 Å². The molecule has 0 radical (unpaired) electrons. The van der Waals surface area contributed by atoms with Gasteiger partial charge < -0.3 is 25.4 Å². The molecule has 1 spiro atoms. The lowest BCUT2D eigenvalue weighted by Gasteiger charge is -2.51. The number of amides is 3. The summed E-state index contributed by atoms with van der Waals surface area (Å²) in [6.45, 7) is 9.03. The van der Waals surface area contributed by atoms with Crippen molar-refractivity contribution < 1.29 is 24.2 Å². The van der Waals surface area contributed by atoms with Crippen LogP contribution in [0.3, 0.4) is 0 Å². The zero-order valence-electron chi connectivity index (χ0n) is 21.6. The third kappa shape index (κ3) is 5.07. The van der Waals surface area contributed by atoms with Gasteiger partial charge in [0.2, 0.25) is 11.8 Å². The smallest absolute Gasteiger partial charge is 0.407 e.